The molecule has 0 bridgehead atoms. The monoisotopic (exact) mass is 294 g/mol. The summed E-state index contributed by atoms with van der Waals surface area (Å²) in [6.45, 7) is 3.96. The molecule has 0 heterocycles. The van der Waals surface area contributed by atoms with E-state index in [9.17, 15) is 14.4 Å². The van der Waals surface area contributed by atoms with E-state index in [4.69, 9.17) is 9.47 Å². The Labute approximate surface area is 125 Å². The molecule has 1 aliphatic rings. The second kappa shape index (κ2) is 7.76. The maximum absolute atomic E-state index is 12.0. The van der Waals surface area contributed by atoms with Gasteiger partial charge in [-0.2, -0.15) is 0 Å². The summed E-state index contributed by atoms with van der Waals surface area (Å²) in [7, 11) is 2.52. The van der Waals surface area contributed by atoms with Crippen molar-refractivity contribution in [3.63, 3.8) is 0 Å². The molecule has 1 rings (SSSR count). The highest BCUT2D eigenvalue weighted by Gasteiger charge is 2.54. The van der Waals surface area contributed by atoms with E-state index in [2.05, 4.69) is 6.58 Å². The molecule has 1 saturated carbocycles. The Balaban J connectivity index is 2.79. The van der Waals surface area contributed by atoms with E-state index >= 15 is 0 Å². The molecule has 21 heavy (non-hydrogen) atoms. The van der Waals surface area contributed by atoms with Gasteiger partial charge in [0.2, 0.25) is 0 Å². The molecular formula is C16H22O5. The lowest BCUT2D eigenvalue weighted by atomic mass is 9.85. The van der Waals surface area contributed by atoms with Crippen LogP contribution in [-0.4, -0.2) is 32.4 Å². The number of unbranched alkanes of at least 4 members (excludes halogenated alkanes) is 2. The first-order chi connectivity index (χ1) is 10.0. The number of methoxy groups -OCH3 is 2. The first-order valence-corrected chi connectivity index (χ1v) is 6.96. The summed E-state index contributed by atoms with van der Waals surface area (Å²) in [6.07, 6.45) is 7.46. The fourth-order valence-corrected chi connectivity index (χ4v) is 2.68. The zero-order valence-corrected chi connectivity index (χ0v) is 12.6. The molecule has 116 valence electrons. The van der Waals surface area contributed by atoms with E-state index in [-0.39, 0.29) is 12.3 Å². The van der Waals surface area contributed by atoms with Crippen LogP contribution in [0.3, 0.4) is 0 Å². The summed E-state index contributed by atoms with van der Waals surface area (Å²) < 4.78 is 9.54. The quantitative estimate of drug-likeness (QED) is 0.237. The highest BCUT2D eigenvalue weighted by Crippen LogP contribution is 2.47. The van der Waals surface area contributed by atoms with Crippen LogP contribution < -0.4 is 0 Å². The Hall–Kier alpha value is -1.91. The lowest BCUT2D eigenvalue weighted by Crippen LogP contribution is -2.39. The average molecular weight is 294 g/mol. The number of rotatable bonds is 7. The Kier molecular flexibility index (Phi) is 6.34. The number of allylic oxidation sites excluding steroid dienone is 3. The summed E-state index contributed by atoms with van der Waals surface area (Å²) >= 11 is 0. The van der Waals surface area contributed by atoms with Crippen LogP contribution in [0.1, 0.15) is 32.1 Å². The van der Waals surface area contributed by atoms with E-state index in [1.165, 1.54) is 14.2 Å². The zero-order chi connectivity index (χ0) is 15.9. The normalized spacial score (nSPS) is 20.5. The Morgan fingerprint density at radius 1 is 1.29 bits per heavy atom. The van der Waals surface area contributed by atoms with Crippen LogP contribution in [0.15, 0.2) is 24.3 Å². The van der Waals surface area contributed by atoms with Gasteiger partial charge in [0.25, 0.3) is 0 Å². The topological polar surface area (TPSA) is 69.7 Å². The number of carbonyl (C=O) groups is 3. The van der Waals surface area contributed by atoms with Gasteiger partial charge in [0, 0.05) is 6.42 Å². The minimum Gasteiger partial charge on any atom is -0.468 e. The minimum absolute atomic E-state index is 0.0561. The molecule has 1 unspecified atom stereocenters. The molecule has 0 saturated heterocycles. The maximum Gasteiger partial charge on any atom is 0.323 e. The largest absolute Gasteiger partial charge is 0.468 e. The van der Waals surface area contributed by atoms with Crippen LogP contribution in [0.2, 0.25) is 0 Å². The fourth-order valence-electron chi connectivity index (χ4n) is 2.68. The first kappa shape index (κ1) is 17.1. The number of carbonyl (C=O) groups excluding carboxylic acids is 3. The second-order valence-corrected chi connectivity index (χ2v) is 5.24. The van der Waals surface area contributed by atoms with Gasteiger partial charge in [0.15, 0.2) is 5.41 Å². The molecule has 1 aliphatic carbocycles. The van der Waals surface area contributed by atoms with Crippen molar-refractivity contribution >= 4 is 18.2 Å². The second-order valence-electron chi connectivity index (χ2n) is 5.24. The summed E-state index contributed by atoms with van der Waals surface area (Å²) in [6, 6.07) is 0. The number of hydrogen-bond donors (Lipinski definition) is 0. The SMILES string of the molecule is C=C1CC(C(=O)OC)(C(=O)OC)CC1/C=C/CCCC=O. The summed E-state index contributed by atoms with van der Waals surface area (Å²) in [4.78, 5) is 34.3. The molecular weight excluding hydrogens is 272 g/mol. The number of aldehydes is 1. The number of esters is 2. The van der Waals surface area contributed by atoms with Crippen LogP contribution >= 0.6 is 0 Å². The van der Waals surface area contributed by atoms with Crippen LogP contribution in [0.5, 0.6) is 0 Å². The Morgan fingerprint density at radius 3 is 2.43 bits per heavy atom. The Morgan fingerprint density at radius 2 is 1.90 bits per heavy atom. The molecule has 0 aromatic heterocycles. The zero-order valence-electron chi connectivity index (χ0n) is 12.6. The van der Waals surface area contributed by atoms with E-state index < -0.39 is 17.4 Å². The summed E-state index contributed by atoms with van der Waals surface area (Å²) in [5.74, 6) is -1.21. The minimum atomic E-state index is -1.28. The van der Waals surface area contributed by atoms with Gasteiger partial charge < -0.3 is 14.3 Å². The average Bonchev–Trinajstić information content (AvgIpc) is 2.83. The predicted molar refractivity (Wildman–Crippen MR) is 77.4 cm³/mol. The number of hydrogen-bond acceptors (Lipinski definition) is 5. The molecule has 1 atom stereocenters. The fraction of sp³-hybridized carbons (Fsp3) is 0.562. The third kappa shape index (κ3) is 3.80. The van der Waals surface area contributed by atoms with Gasteiger partial charge in [-0.15, -0.1) is 0 Å². The van der Waals surface area contributed by atoms with Crippen molar-refractivity contribution < 1.29 is 23.9 Å². The van der Waals surface area contributed by atoms with Gasteiger partial charge >= 0.3 is 11.9 Å². The number of ether oxygens (including phenoxy) is 2. The van der Waals surface area contributed by atoms with E-state index in [1.54, 1.807) is 0 Å². The molecule has 5 nitrogen and oxygen atoms in total. The van der Waals surface area contributed by atoms with Gasteiger partial charge in [-0.3, -0.25) is 9.59 Å². The highest BCUT2D eigenvalue weighted by molar-refractivity contribution is 6.01. The van der Waals surface area contributed by atoms with Crippen molar-refractivity contribution in [1.82, 2.24) is 0 Å². The molecule has 0 N–H and O–H groups in total. The van der Waals surface area contributed by atoms with Crippen LogP contribution in [-0.2, 0) is 23.9 Å². The molecule has 0 amide bonds. The van der Waals surface area contributed by atoms with Crippen LogP contribution in [0.4, 0.5) is 0 Å². The van der Waals surface area contributed by atoms with Crippen molar-refractivity contribution in [3.8, 4) is 0 Å². The van der Waals surface area contributed by atoms with Crippen LogP contribution in [0, 0.1) is 11.3 Å². The van der Waals surface area contributed by atoms with Crippen LogP contribution in [0.25, 0.3) is 0 Å². The van der Waals surface area contributed by atoms with Gasteiger partial charge in [-0.1, -0.05) is 24.3 Å². The van der Waals surface area contributed by atoms with E-state index in [1.807, 2.05) is 12.2 Å². The predicted octanol–water partition coefficient (Wildman–Crippen LogP) is 2.21. The highest BCUT2D eigenvalue weighted by atomic mass is 16.5. The molecule has 5 heteroatoms. The first-order valence-electron chi connectivity index (χ1n) is 6.96. The third-order valence-electron chi connectivity index (χ3n) is 3.84. The van der Waals surface area contributed by atoms with Crippen molar-refractivity contribution in [2.45, 2.75) is 32.1 Å². The molecule has 1 fully saturated rings. The molecule has 0 radical (unpaired) electrons. The van der Waals surface area contributed by atoms with Gasteiger partial charge in [0.1, 0.15) is 6.29 Å². The summed E-state index contributed by atoms with van der Waals surface area (Å²) in [5.41, 5.74) is -0.462. The van der Waals surface area contributed by atoms with E-state index in [0.29, 0.717) is 12.8 Å². The maximum atomic E-state index is 12.0. The molecule has 0 spiro atoms. The third-order valence-corrected chi connectivity index (χ3v) is 3.84. The molecule has 0 aromatic rings. The van der Waals surface area contributed by atoms with Gasteiger partial charge in [0.05, 0.1) is 14.2 Å². The van der Waals surface area contributed by atoms with Gasteiger partial charge in [-0.05, 0) is 31.6 Å². The van der Waals surface area contributed by atoms with Crippen molar-refractivity contribution in [3.05, 3.63) is 24.3 Å². The van der Waals surface area contributed by atoms with Crippen molar-refractivity contribution in [2.75, 3.05) is 14.2 Å². The summed E-state index contributed by atoms with van der Waals surface area (Å²) in [5, 5.41) is 0. The Bertz CT molecular complexity index is 434. The van der Waals surface area contributed by atoms with Crippen molar-refractivity contribution in [2.24, 2.45) is 11.3 Å². The van der Waals surface area contributed by atoms with E-state index in [0.717, 1.165) is 24.7 Å². The lowest BCUT2D eigenvalue weighted by molar-refractivity contribution is -0.168. The van der Waals surface area contributed by atoms with Gasteiger partial charge in [-0.25, -0.2) is 0 Å². The molecule has 0 aromatic carbocycles. The standard InChI is InChI=1S/C16H22O5/c1-12-10-16(14(18)20-2,15(19)21-3)11-13(12)8-6-4-5-7-9-17/h6,8-9,13H,1,4-5,7,10-11H2,2-3H3/b8-6+. The molecule has 0 aliphatic heterocycles. The lowest BCUT2D eigenvalue weighted by Gasteiger charge is -2.22. The van der Waals surface area contributed by atoms with Crippen molar-refractivity contribution in [1.29, 1.82) is 0 Å². The smallest absolute Gasteiger partial charge is 0.323 e.